The molecule has 8 nitrogen and oxygen atoms in total. The minimum Gasteiger partial charge on any atom is -0.467 e. The molecule has 11 heteroatoms. The largest absolute Gasteiger partial charge is 0.467 e. The van der Waals surface area contributed by atoms with Gasteiger partial charge in [0.2, 0.25) is 6.41 Å². The van der Waals surface area contributed by atoms with Gasteiger partial charge in [-0.15, -0.1) is 0 Å². The maximum absolute atomic E-state index is 14.0. The maximum Gasteiger partial charge on any atom is 0.258 e. The molecular weight excluding hydrogens is 482 g/mol. The summed E-state index contributed by atoms with van der Waals surface area (Å²) in [6.45, 7) is 3.58. The predicted octanol–water partition coefficient (Wildman–Crippen LogP) is 4.15. The van der Waals surface area contributed by atoms with Gasteiger partial charge in [-0.3, -0.25) is 14.7 Å². The lowest BCUT2D eigenvalue weighted by molar-refractivity contribution is -0.120. The summed E-state index contributed by atoms with van der Waals surface area (Å²) in [5.74, 6) is -0.508. The van der Waals surface area contributed by atoms with E-state index in [4.69, 9.17) is 33.7 Å². The number of likely N-dealkylation sites (N-methyl/N-ethyl adjacent to an activating group) is 1. The van der Waals surface area contributed by atoms with E-state index in [1.807, 2.05) is 19.2 Å². The second kappa shape index (κ2) is 10.1. The van der Waals surface area contributed by atoms with E-state index in [2.05, 4.69) is 19.9 Å². The van der Waals surface area contributed by atoms with Crippen molar-refractivity contribution in [3.05, 3.63) is 63.6 Å². The molecule has 1 fully saturated rings. The molecule has 1 aliphatic heterocycles. The van der Waals surface area contributed by atoms with Crippen molar-refractivity contribution in [3.63, 3.8) is 0 Å². The molecule has 3 heterocycles. The van der Waals surface area contributed by atoms with Gasteiger partial charge in [0.1, 0.15) is 17.6 Å². The molecule has 0 aliphatic carbocycles. The van der Waals surface area contributed by atoms with Crippen LogP contribution in [-0.4, -0.2) is 57.8 Å². The van der Waals surface area contributed by atoms with Crippen molar-refractivity contribution < 1.29 is 13.9 Å². The molecule has 1 aromatic carbocycles. The van der Waals surface area contributed by atoms with Gasteiger partial charge in [-0.05, 0) is 37.7 Å². The zero-order valence-electron chi connectivity index (χ0n) is 18.6. The molecule has 3 aromatic rings. The van der Waals surface area contributed by atoms with Crippen LogP contribution in [0.5, 0.6) is 5.88 Å². The number of anilines is 1. The number of amides is 1. The fourth-order valence-corrected chi connectivity index (χ4v) is 4.63. The van der Waals surface area contributed by atoms with Crippen molar-refractivity contribution in [2.75, 3.05) is 32.4 Å². The molecule has 2 N–H and O–H groups in total. The Balaban J connectivity index is 1.69. The molecule has 2 aromatic heterocycles. The van der Waals surface area contributed by atoms with Gasteiger partial charge in [0.05, 0.1) is 23.0 Å². The van der Waals surface area contributed by atoms with Gasteiger partial charge in [0.15, 0.2) is 5.82 Å². The van der Waals surface area contributed by atoms with Crippen LogP contribution in [0.2, 0.25) is 10.0 Å². The summed E-state index contributed by atoms with van der Waals surface area (Å²) in [6, 6.07) is 6.31. The first-order valence-corrected chi connectivity index (χ1v) is 11.3. The highest BCUT2D eigenvalue weighted by molar-refractivity contribution is 6.36. The number of nitrogen functional groups attached to an aromatic ring is 1. The number of hydrogen-bond donors (Lipinski definition) is 1. The highest BCUT2D eigenvalue weighted by atomic mass is 35.5. The van der Waals surface area contributed by atoms with Crippen molar-refractivity contribution in [1.29, 1.82) is 0 Å². The lowest BCUT2D eigenvalue weighted by atomic mass is 10.00. The number of benzene rings is 1. The van der Waals surface area contributed by atoms with Crippen LogP contribution in [0.25, 0.3) is 11.4 Å². The number of nitrogens with two attached hydrogens (primary N) is 1. The quantitative estimate of drug-likeness (QED) is 0.397. The number of rotatable bonds is 6. The molecule has 4 rings (SSSR count). The summed E-state index contributed by atoms with van der Waals surface area (Å²) >= 11 is 12.4. The number of aromatic nitrogens is 3. The third-order valence-electron chi connectivity index (χ3n) is 5.81. The minimum absolute atomic E-state index is 0.0458. The molecular formula is C23H23Cl2FN6O2. The highest BCUT2D eigenvalue weighted by Gasteiger charge is 2.28. The zero-order chi connectivity index (χ0) is 24.4. The van der Waals surface area contributed by atoms with E-state index in [0.29, 0.717) is 24.5 Å². The SMILES string of the molecule is CC(Oc1nc(-c2ncccc2C2CN(C=O)CCN2C)cnc1N)c1c(Cl)ccc(F)c1Cl. The fourth-order valence-electron chi connectivity index (χ4n) is 3.95. The van der Waals surface area contributed by atoms with Crippen LogP contribution < -0.4 is 10.5 Å². The van der Waals surface area contributed by atoms with Crippen LogP contribution in [0.3, 0.4) is 0 Å². The van der Waals surface area contributed by atoms with E-state index in [-0.39, 0.29) is 33.3 Å². The third kappa shape index (κ3) is 4.77. The van der Waals surface area contributed by atoms with E-state index < -0.39 is 11.9 Å². The Hall–Kier alpha value is -3.01. The first-order chi connectivity index (χ1) is 16.3. The molecule has 0 radical (unpaired) electrons. The predicted molar refractivity (Wildman–Crippen MR) is 128 cm³/mol. The number of hydrogen-bond acceptors (Lipinski definition) is 7. The highest BCUT2D eigenvalue weighted by Crippen LogP contribution is 2.36. The Bertz CT molecular complexity index is 1210. The molecule has 1 amide bonds. The Labute approximate surface area is 206 Å². The Morgan fingerprint density at radius 3 is 2.82 bits per heavy atom. The molecule has 2 unspecified atom stereocenters. The van der Waals surface area contributed by atoms with Crippen LogP contribution in [0, 0.1) is 5.82 Å². The molecule has 34 heavy (non-hydrogen) atoms. The average molecular weight is 505 g/mol. The number of halogens is 3. The Morgan fingerprint density at radius 1 is 1.26 bits per heavy atom. The van der Waals surface area contributed by atoms with Gasteiger partial charge < -0.3 is 15.4 Å². The maximum atomic E-state index is 14.0. The van der Waals surface area contributed by atoms with E-state index in [1.54, 1.807) is 18.0 Å². The summed E-state index contributed by atoms with van der Waals surface area (Å²) in [4.78, 5) is 28.6. The number of piperazine rings is 1. The lowest BCUT2D eigenvalue weighted by Crippen LogP contribution is -2.46. The topological polar surface area (TPSA) is 97.5 Å². The van der Waals surface area contributed by atoms with Crippen LogP contribution in [0.4, 0.5) is 10.2 Å². The summed E-state index contributed by atoms with van der Waals surface area (Å²) in [5, 5.41) is 0.128. The van der Waals surface area contributed by atoms with Crippen molar-refractivity contribution >= 4 is 35.4 Å². The van der Waals surface area contributed by atoms with Crippen molar-refractivity contribution in [3.8, 4) is 17.3 Å². The molecule has 0 bridgehead atoms. The standard InChI is InChI=1S/C23H23Cl2FN6O2/c1-13(19-15(24)5-6-16(26)20(19)25)34-23-22(27)29-10-17(30-23)21-14(4-3-7-28-21)18-11-32(12-33)9-8-31(18)2/h3-7,10,12-13,18H,8-9,11H2,1-2H3,(H2,27,29). The number of carbonyl (C=O) groups excluding carboxylic acids is 1. The van der Waals surface area contributed by atoms with E-state index in [9.17, 15) is 9.18 Å². The number of nitrogens with zero attached hydrogens (tertiary/aromatic N) is 5. The number of ether oxygens (including phenoxy) is 1. The van der Waals surface area contributed by atoms with Crippen LogP contribution >= 0.6 is 23.2 Å². The minimum atomic E-state index is -0.753. The van der Waals surface area contributed by atoms with Crippen LogP contribution in [-0.2, 0) is 4.79 Å². The lowest BCUT2D eigenvalue weighted by Gasteiger charge is -2.38. The van der Waals surface area contributed by atoms with Crippen LogP contribution in [0.1, 0.15) is 30.2 Å². The summed E-state index contributed by atoms with van der Waals surface area (Å²) in [5.41, 5.74) is 8.24. The third-order valence-corrected chi connectivity index (χ3v) is 6.52. The van der Waals surface area contributed by atoms with E-state index in [1.165, 1.54) is 18.3 Å². The molecule has 2 atom stereocenters. The van der Waals surface area contributed by atoms with Gasteiger partial charge in [0, 0.05) is 36.4 Å². The second-order valence-electron chi connectivity index (χ2n) is 8.00. The van der Waals surface area contributed by atoms with Gasteiger partial charge >= 0.3 is 0 Å². The molecule has 1 aliphatic rings. The van der Waals surface area contributed by atoms with Crippen molar-refractivity contribution in [1.82, 2.24) is 24.8 Å². The van der Waals surface area contributed by atoms with E-state index >= 15 is 0 Å². The van der Waals surface area contributed by atoms with Gasteiger partial charge in [-0.2, -0.15) is 0 Å². The van der Waals surface area contributed by atoms with Crippen LogP contribution in [0.15, 0.2) is 36.7 Å². The Kier molecular flexibility index (Phi) is 7.16. The monoisotopic (exact) mass is 504 g/mol. The van der Waals surface area contributed by atoms with Gasteiger partial charge in [-0.25, -0.2) is 14.4 Å². The van der Waals surface area contributed by atoms with Gasteiger partial charge in [-0.1, -0.05) is 29.3 Å². The molecule has 1 saturated heterocycles. The summed E-state index contributed by atoms with van der Waals surface area (Å²) in [7, 11) is 2.00. The zero-order valence-corrected chi connectivity index (χ0v) is 20.1. The fraction of sp³-hybridized carbons (Fsp3) is 0.304. The van der Waals surface area contributed by atoms with Crippen molar-refractivity contribution in [2.24, 2.45) is 0 Å². The van der Waals surface area contributed by atoms with E-state index in [0.717, 1.165) is 18.5 Å². The van der Waals surface area contributed by atoms with Gasteiger partial charge in [0.25, 0.3) is 5.88 Å². The first kappa shape index (κ1) is 24.1. The smallest absolute Gasteiger partial charge is 0.258 e. The molecule has 0 spiro atoms. The summed E-state index contributed by atoms with van der Waals surface area (Å²) < 4.78 is 19.9. The number of carbonyl (C=O) groups is 1. The number of pyridine rings is 1. The average Bonchev–Trinajstić information content (AvgIpc) is 2.83. The molecule has 0 saturated carbocycles. The second-order valence-corrected chi connectivity index (χ2v) is 8.79. The Morgan fingerprint density at radius 2 is 2.06 bits per heavy atom. The summed E-state index contributed by atoms with van der Waals surface area (Å²) in [6.07, 6.45) is 3.28. The molecule has 178 valence electrons. The van der Waals surface area contributed by atoms with Crippen molar-refractivity contribution in [2.45, 2.75) is 19.1 Å². The normalized spacial score (nSPS) is 17.4. The first-order valence-electron chi connectivity index (χ1n) is 10.6.